The molecule has 0 saturated carbocycles. The van der Waals surface area contributed by atoms with E-state index in [2.05, 4.69) is 0 Å². The summed E-state index contributed by atoms with van der Waals surface area (Å²) in [6.07, 6.45) is -2.87. The highest BCUT2D eigenvalue weighted by Crippen LogP contribution is 2.37. The van der Waals surface area contributed by atoms with Crippen molar-refractivity contribution in [3.05, 3.63) is 87.0 Å². The molecular weight excluding hydrogens is 461 g/mol. The number of amides is 2. The second-order valence-electron chi connectivity index (χ2n) is 7.21. The molecule has 1 aliphatic rings. The Morgan fingerprint density at radius 1 is 0.969 bits per heavy atom. The third kappa shape index (κ3) is 4.08. The summed E-state index contributed by atoms with van der Waals surface area (Å²) in [6, 6.07) is 13.2. The van der Waals surface area contributed by atoms with E-state index in [-0.39, 0.29) is 4.91 Å². The zero-order valence-electron chi connectivity index (χ0n) is 16.9. The summed E-state index contributed by atoms with van der Waals surface area (Å²) >= 11 is 6.78. The Kier molecular flexibility index (Phi) is 5.68. The third-order valence-corrected chi connectivity index (χ3v) is 6.15. The van der Waals surface area contributed by atoms with Crippen LogP contribution in [0.1, 0.15) is 22.5 Å². The van der Waals surface area contributed by atoms with Crippen molar-refractivity contribution in [2.24, 2.45) is 0 Å². The van der Waals surface area contributed by atoms with E-state index in [1.54, 1.807) is 54.8 Å². The largest absolute Gasteiger partial charge is 0.416 e. The van der Waals surface area contributed by atoms with Crippen LogP contribution in [-0.4, -0.2) is 15.7 Å². The number of benzene rings is 2. The first-order chi connectivity index (χ1) is 15.1. The highest BCUT2D eigenvalue weighted by molar-refractivity contribution is 8.19. The van der Waals surface area contributed by atoms with Gasteiger partial charge in [-0.2, -0.15) is 13.2 Å². The van der Waals surface area contributed by atoms with Gasteiger partial charge >= 0.3 is 6.18 Å². The number of imide groups is 1. The number of carbonyl (C=O) groups excluding carboxylic acids is 2. The second-order valence-corrected chi connectivity index (χ2v) is 8.64. The molecule has 4 nitrogen and oxygen atoms in total. The van der Waals surface area contributed by atoms with Crippen molar-refractivity contribution in [3.63, 3.8) is 0 Å². The van der Waals surface area contributed by atoms with Crippen molar-refractivity contribution >= 4 is 46.3 Å². The Bertz CT molecular complexity index is 1280. The number of alkyl halides is 3. The summed E-state index contributed by atoms with van der Waals surface area (Å²) in [6.45, 7) is 3.52. The first kappa shape index (κ1) is 22.2. The highest BCUT2D eigenvalue weighted by Gasteiger charge is 2.36. The first-order valence-electron chi connectivity index (χ1n) is 9.46. The number of hydrogen-bond acceptors (Lipinski definition) is 3. The lowest BCUT2D eigenvalue weighted by molar-refractivity contribution is -0.137. The van der Waals surface area contributed by atoms with E-state index in [1.165, 1.54) is 12.1 Å². The van der Waals surface area contributed by atoms with Gasteiger partial charge in [0, 0.05) is 22.1 Å². The minimum absolute atomic E-state index is 0.222. The van der Waals surface area contributed by atoms with Gasteiger partial charge in [0.25, 0.3) is 11.1 Å². The molecule has 2 amide bonds. The zero-order valence-corrected chi connectivity index (χ0v) is 18.5. The lowest BCUT2D eigenvalue weighted by Gasteiger charge is -2.13. The van der Waals surface area contributed by atoms with E-state index in [4.69, 9.17) is 11.6 Å². The molecule has 0 N–H and O–H groups in total. The van der Waals surface area contributed by atoms with E-state index in [0.717, 1.165) is 28.8 Å². The van der Waals surface area contributed by atoms with E-state index >= 15 is 0 Å². The minimum atomic E-state index is -4.45. The van der Waals surface area contributed by atoms with Crippen molar-refractivity contribution in [1.82, 2.24) is 4.57 Å². The summed E-state index contributed by atoms with van der Waals surface area (Å²) in [5, 5.41) is -0.0506. The van der Waals surface area contributed by atoms with E-state index in [9.17, 15) is 22.8 Å². The molecular formula is C23H16ClF3N2O2S. The van der Waals surface area contributed by atoms with E-state index in [0.29, 0.717) is 33.3 Å². The number of nitrogens with zero attached hydrogens (tertiary/aromatic N) is 2. The topological polar surface area (TPSA) is 42.3 Å². The van der Waals surface area contributed by atoms with Crippen LogP contribution in [-0.2, 0) is 11.0 Å². The molecule has 0 bridgehead atoms. The van der Waals surface area contributed by atoms with Gasteiger partial charge in [0.2, 0.25) is 0 Å². The monoisotopic (exact) mass is 476 g/mol. The van der Waals surface area contributed by atoms with Crippen LogP contribution in [0.5, 0.6) is 0 Å². The van der Waals surface area contributed by atoms with Crippen LogP contribution in [0.3, 0.4) is 0 Å². The number of hydrogen-bond donors (Lipinski definition) is 0. The highest BCUT2D eigenvalue weighted by atomic mass is 35.5. The number of thioether (sulfide) groups is 1. The van der Waals surface area contributed by atoms with Crippen LogP contribution in [0.2, 0.25) is 5.02 Å². The molecule has 0 radical (unpaired) electrons. The lowest BCUT2D eigenvalue weighted by Crippen LogP contribution is -2.27. The normalized spacial score (nSPS) is 15.8. The molecule has 1 fully saturated rings. The van der Waals surface area contributed by atoms with Crippen LogP contribution < -0.4 is 4.90 Å². The van der Waals surface area contributed by atoms with Gasteiger partial charge in [0.1, 0.15) is 0 Å². The smallest absolute Gasteiger partial charge is 0.318 e. The summed E-state index contributed by atoms with van der Waals surface area (Å²) in [4.78, 5) is 26.7. The number of aromatic nitrogens is 1. The predicted molar refractivity (Wildman–Crippen MR) is 120 cm³/mol. The Labute approximate surface area is 191 Å². The van der Waals surface area contributed by atoms with Crippen LogP contribution in [0, 0.1) is 13.8 Å². The molecule has 164 valence electrons. The van der Waals surface area contributed by atoms with Crippen LogP contribution in [0.4, 0.5) is 23.7 Å². The molecule has 3 aromatic rings. The van der Waals surface area contributed by atoms with Gasteiger partial charge in [0.05, 0.1) is 16.2 Å². The Morgan fingerprint density at radius 2 is 1.66 bits per heavy atom. The predicted octanol–water partition coefficient (Wildman–Crippen LogP) is 7.01. The molecule has 0 unspecified atom stereocenters. The molecule has 1 aliphatic heterocycles. The number of rotatable bonds is 3. The quantitative estimate of drug-likeness (QED) is 0.382. The van der Waals surface area contributed by atoms with Crippen LogP contribution in [0.15, 0.2) is 59.5 Å². The van der Waals surface area contributed by atoms with Crippen LogP contribution >= 0.6 is 23.4 Å². The molecule has 0 atom stereocenters. The molecule has 2 aromatic carbocycles. The van der Waals surface area contributed by atoms with Crippen molar-refractivity contribution in [3.8, 4) is 5.69 Å². The molecule has 9 heteroatoms. The Hall–Kier alpha value is -2.97. The number of aryl methyl sites for hydroxylation is 1. The third-order valence-electron chi connectivity index (χ3n) is 5.05. The SMILES string of the molecule is Cc1cc(/C=C2/SC(=O)N(c3cccc(Cl)c3)C2=O)c(C)n1-c1cccc(C(F)(F)F)c1. The van der Waals surface area contributed by atoms with Crippen molar-refractivity contribution in [2.45, 2.75) is 20.0 Å². The first-order valence-corrected chi connectivity index (χ1v) is 10.7. The van der Waals surface area contributed by atoms with Gasteiger partial charge in [0.15, 0.2) is 0 Å². The summed E-state index contributed by atoms with van der Waals surface area (Å²) in [7, 11) is 0. The lowest BCUT2D eigenvalue weighted by atomic mass is 10.2. The number of carbonyl (C=O) groups is 2. The van der Waals surface area contributed by atoms with Crippen molar-refractivity contribution in [2.75, 3.05) is 4.90 Å². The van der Waals surface area contributed by atoms with Gasteiger partial charge in [-0.05, 0) is 79.7 Å². The van der Waals surface area contributed by atoms with E-state index in [1.807, 2.05) is 0 Å². The Balaban J connectivity index is 1.71. The second kappa shape index (κ2) is 8.18. The fourth-order valence-electron chi connectivity index (χ4n) is 3.60. The maximum absolute atomic E-state index is 13.1. The molecule has 32 heavy (non-hydrogen) atoms. The zero-order chi connectivity index (χ0) is 23.2. The fraction of sp³-hybridized carbons (Fsp3) is 0.130. The Morgan fingerprint density at radius 3 is 2.34 bits per heavy atom. The summed E-state index contributed by atoms with van der Waals surface area (Å²) in [5.41, 5.74) is 1.97. The van der Waals surface area contributed by atoms with Gasteiger partial charge in [-0.1, -0.05) is 23.7 Å². The molecule has 4 rings (SSSR count). The molecule has 0 aliphatic carbocycles. The average Bonchev–Trinajstić information content (AvgIpc) is 3.15. The maximum Gasteiger partial charge on any atom is 0.416 e. The van der Waals surface area contributed by atoms with Gasteiger partial charge in [-0.3, -0.25) is 9.59 Å². The average molecular weight is 477 g/mol. The summed E-state index contributed by atoms with van der Waals surface area (Å²) < 4.78 is 41.1. The van der Waals surface area contributed by atoms with Gasteiger partial charge in [-0.25, -0.2) is 4.90 Å². The molecule has 0 spiro atoms. The van der Waals surface area contributed by atoms with Gasteiger partial charge < -0.3 is 4.57 Å². The minimum Gasteiger partial charge on any atom is -0.318 e. The van der Waals surface area contributed by atoms with Crippen molar-refractivity contribution in [1.29, 1.82) is 0 Å². The fourth-order valence-corrected chi connectivity index (χ4v) is 4.62. The summed E-state index contributed by atoms with van der Waals surface area (Å²) in [5.74, 6) is -0.480. The molecule has 1 aromatic heterocycles. The van der Waals surface area contributed by atoms with Gasteiger partial charge in [-0.15, -0.1) is 0 Å². The number of anilines is 1. The van der Waals surface area contributed by atoms with Crippen LogP contribution in [0.25, 0.3) is 11.8 Å². The molecule has 2 heterocycles. The van der Waals surface area contributed by atoms with Crippen molar-refractivity contribution < 1.29 is 22.8 Å². The molecule has 1 saturated heterocycles. The standard InChI is InChI=1S/C23H16ClF3N2O2S/c1-13-9-15(14(2)28(13)18-7-3-5-16(11-18)23(25,26)27)10-20-21(30)29(22(31)32-20)19-8-4-6-17(24)12-19/h3-12H,1-2H3/b20-10+. The maximum atomic E-state index is 13.1. The van der Waals surface area contributed by atoms with E-state index < -0.39 is 22.9 Å². The number of halogens is 4.